The first kappa shape index (κ1) is 32.1. The number of carbonyl (C=O) groups excluding carboxylic acids is 3. The van der Waals surface area contributed by atoms with Gasteiger partial charge in [-0.1, -0.05) is 47.1 Å². The number of hydrogen-bond donors (Lipinski definition) is 1. The molecule has 0 unspecified atom stereocenters. The fourth-order valence-electron chi connectivity index (χ4n) is 3.44. The lowest BCUT2D eigenvalue weighted by molar-refractivity contribution is -0.154. The Kier molecular flexibility index (Phi) is 13.0. The van der Waals surface area contributed by atoms with Gasteiger partial charge in [0, 0.05) is 18.1 Å². The molecule has 38 heavy (non-hydrogen) atoms. The summed E-state index contributed by atoms with van der Waals surface area (Å²) in [4.78, 5) is 31.9. The molecule has 1 amide bonds. The van der Waals surface area contributed by atoms with Crippen molar-refractivity contribution in [1.82, 2.24) is 5.16 Å². The first-order chi connectivity index (χ1) is 17.8. The van der Waals surface area contributed by atoms with E-state index in [1.54, 1.807) is 13.0 Å². The Morgan fingerprint density at radius 3 is 2.05 bits per heavy atom. The number of ether oxygens (including phenoxy) is 2. The Morgan fingerprint density at radius 1 is 1.00 bits per heavy atom. The van der Waals surface area contributed by atoms with Crippen LogP contribution in [0.25, 0.3) is 11.3 Å². The molecule has 3 aromatic rings. The van der Waals surface area contributed by atoms with Gasteiger partial charge in [-0.25, -0.2) is 4.79 Å². The molecule has 0 aliphatic heterocycles. The highest BCUT2D eigenvalue weighted by molar-refractivity contribution is 5.88. The van der Waals surface area contributed by atoms with Crippen LogP contribution in [0.2, 0.25) is 0 Å². The predicted octanol–water partition coefficient (Wildman–Crippen LogP) is 5.81. The Hall–Kier alpha value is -3.94. The summed E-state index contributed by atoms with van der Waals surface area (Å²) >= 11 is 0. The third-order valence-corrected chi connectivity index (χ3v) is 5.34. The minimum atomic E-state index is -0.508. The molecule has 0 aliphatic rings. The lowest BCUT2D eigenvalue weighted by Crippen LogP contribution is -2.23. The Bertz CT molecular complexity index is 1170. The predicted molar refractivity (Wildman–Crippen MR) is 148 cm³/mol. The Morgan fingerprint density at radius 2 is 1.55 bits per heavy atom. The second kappa shape index (κ2) is 15.3. The Balaban J connectivity index is 0.000000459. The first-order valence-corrected chi connectivity index (χ1v) is 12.5. The van der Waals surface area contributed by atoms with Crippen LogP contribution in [0.15, 0.2) is 47.0 Å². The van der Waals surface area contributed by atoms with Gasteiger partial charge in [-0.05, 0) is 84.1 Å². The zero-order chi connectivity index (χ0) is 28.9. The average molecular weight is 525 g/mol. The van der Waals surface area contributed by atoms with Crippen molar-refractivity contribution < 1.29 is 28.4 Å². The summed E-state index contributed by atoms with van der Waals surface area (Å²) in [7, 11) is 0. The summed E-state index contributed by atoms with van der Waals surface area (Å²) in [6.45, 7) is 16.2. The molecule has 3 rings (SSSR count). The highest BCUT2D eigenvalue weighted by Crippen LogP contribution is 2.22. The van der Waals surface area contributed by atoms with E-state index in [0.717, 1.165) is 11.1 Å². The van der Waals surface area contributed by atoms with Crippen LogP contribution in [-0.2, 0) is 25.5 Å². The molecule has 0 bridgehead atoms. The van der Waals surface area contributed by atoms with Gasteiger partial charge < -0.3 is 19.7 Å². The molecule has 8 heteroatoms. The van der Waals surface area contributed by atoms with Crippen LogP contribution in [0.5, 0.6) is 0 Å². The van der Waals surface area contributed by atoms with Crippen LogP contribution in [0.4, 0.5) is 0 Å². The normalized spacial score (nSPS) is 10.3. The first-order valence-electron chi connectivity index (χ1n) is 12.5. The van der Waals surface area contributed by atoms with Crippen molar-refractivity contribution in [1.29, 1.82) is 0 Å². The van der Waals surface area contributed by atoms with Crippen molar-refractivity contribution in [3.05, 3.63) is 76.0 Å². The summed E-state index contributed by atoms with van der Waals surface area (Å²) in [6.07, 6.45) is 1.17. The van der Waals surface area contributed by atoms with E-state index in [1.807, 2.05) is 45.0 Å². The maximum absolute atomic E-state index is 11.8. The summed E-state index contributed by atoms with van der Waals surface area (Å²) in [6, 6.07) is 13.5. The minimum absolute atomic E-state index is 0.144. The van der Waals surface area contributed by atoms with E-state index >= 15 is 0 Å². The zero-order valence-corrected chi connectivity index (χ0v) is 23.7. The zero-order valence-electron chi connectivity index (χ0n) is 23.7. The molecular formula is C30H40N2O6. The standard InChI is InChI=1S/C19H23NO5.C10H14.CH3NO/c1-5-23-18(22)15-12-16(25-20-15)14-9-6-13(7-10-14)8-11-17(21)24-19(2,3)4;1-7-5-8(2)10(4)9(3)6-7;2-1-3/h6-7,9-10,12H,5,8,11H2,1-4H3;5-6H,1-4H3;1H,(H2,2,3). The summed E-state index contributed by atoms with van der Waals surface area (Å²) in [5.74, 6) is -0.237. The quantitative estimate of drug-likeness (QED) is 0.319. The number of amides is 1. The molecule has 0 fully saturated rings. The third-order valence-electron chi connectivity index (χ3n) is 5.34. The number of aryl methyl sites for hydroxylation is 4. The van der Waals surface area contributed by atoms with E-state index in [0.29, 0.717) is 18.6 Å². The number of carbonyl (C=O) groups is 3. The molecule has 206 valence electrons. The summed E-state index contributed by atoms with van der Waals surface area (Å²) < 4.78 is 15.4. The van der Waals surface area contributed by atoms with E-state index in [2.05, 4.69) is 50.7 Å². The van der Waals surface area contributed by atoms with Gasteiger partial charge in [-0.3, -0.25) is 9.59 Å². The summed E-state index contributed by atoms with van der Waals surface area (Å²) in [5, 5.41) is 3.72. The van der Waals surface area contributed by atoms with E-state index in [9.17, 15) is 9.59 Å². The molecule has 0 saturated carbocycles. The molecule has 0 radical (unpaired) electrons. The Labute approximate surface area is 225 Å². The molecule has 0 saturated heterocycles. The number of rotatable bonds is 6. The summed E-state index contributed by atoms with van der Waals surface area (Å²) in [5.41, 5.74) is 11.2. The highest BCUT2D eigenvalue weighted by Gasteiger charge is 2.17. The van der Waals surface area contributed by atoms with Gasteiger partial charge in [-0.15, -0.1) is 0 Å². The number of nitrogens with zero attached hydrogens (tertiary/aromatic N) is 1. The van der Waals surface area contributed by atoms with Crippen molar-refractivity contribution in [2.45, 2.75) is 73.8 Å². The van der Waals surface area contributed by atoms with E-state index in [1.165, 1.54) is 22.3 Å². The van der Waals surface area contributed by atoms with Crippen molar-refractivity contribution >= 4 is 18.3 Å². The van der Waals surface area contributed by atoms with Crippen molar-refractivity contribution in [2.24, 2.45) is 5.73 Å². The molecule has 8 nitrogen and oxygen atoms in total. The molecular weight excluding hydrogens is 484 g/mol. The van der Waals surface area contributed by atoms with Gasteiger partial charge in [0.15, 0.2) is 11.5 Å². The van der Waals surface area contributed by atoms with Crippen LogP contribution in [-0.4, -0.2) is 35.7 Å². The molecule has 2 N–H and O–H groups in total. The average Bonchev–Trinajstić information content (AvgIpc) is 3.32. The number of aromatic nitrogens is 1. The molecule has 0 spiro atoms. The van der Waals surface area contributed by atoms with Crippen LogP contribution < -0.4 is 5.73 Å². The number of esters is 2. The molecule has 0 atom stereocenters. The largest absolute Gasteiger partial charge is 0.461 e. The van der Waals surface area contributed by atoms with Gasteiger partial charge in [0.1, 0.15) is 5.60 Å². The topological polar surface area (TPSA) is 122 Å². The van der Waals surface area contributed by atoms with Gasteiger partial charge in [0.25, 0.3) is 0 Å². The minimum Gasteiger partial charge on any atom is -0.461 e. The van der Waals surface area contributed by atoms with E-state index in [4.69, 9.17) is 18.8 Å². The van der Waals surface area contributed by atoms with Gasteiger partial charge >= 0.3 is 11.9 Å². The monoisotopic (exact) mass is 524 g/mol. The van der Waals surface area contributed by atoms with Gasteiger partial charge in [0.05, 0.1) is 6.61 Å². The van der Waals surface area contributed by atoms with Crippen molar-refractivity contribution in [3.8, 4) is 11.3 Å². The maximum atomic E-state index is 11.8. The van der Waals surface area contributed by atoms with E-state index < -0.39 is 11.6 Å². The van der Waals surface area contributed by atoms with Crippen LogP contribution in [0.3, 0.4) is 0 Å². The van der Waals surface area contributed by atoms with Crippen molar-refractivity contribution in [3.63, 3.8) is 0 Å². The van der Waals surface area contributed by atoms with Crippen LogP contribution >= 0.6 is 0 Å². The molecule has 1 aromatic heterocycles. The lowest BCUT2D eigenvalue weighted by atomic mass is 10.0. The number of primary amides is 1. The number of benzene rings is 2. The van der Waals surface area contributed by atoms with Gasteiger partial charge in [0.2, 0.25) is 6.41 Å². The van der Waals surface area contributed by atoms with E-state index in [-0.39, 0.29) is 24.7 Å². The maximum Gasteiger partial charge on any atom is 0.360 e. The molecule has 0 aliphatic carbocycles. The van der Waals surface area contributed by atoms with Crippen LogP contribution in [0.1, 0.15) is 72.4 Å². The smallest absolute Gasteiger partial charge is 0.360 e. The number of hydrogen-bond acceptors (Lipinski definition) is 7. The molecule has 2 aromatic carbocycles. The fraction of sp³-hybridized carbons (Fsp3) is 0.400. The van der Waals surface area contributed by atoms with Crippen molar-refractivity contribution in [2.75, 3.05) is 6.61 Å². The number of nitrogens with two attached hydrogens (primary N) is 1. The fourth-order valence-corrected chi connectivity index (χ4v) is 3.44. The second-order valence-electron chi connectivity index (χ2n) is 9.74. The highest BCUT2D eigenvalue weighted by atomic mass is 16.6. The second-order valence-corrected chi connectivity index (χ2v) is 9.74. The lowest BCUT2D eigenvalue weighted by Gasteiger charge is -2.19. The third kappa shape index (κ3) is 11.4. The van der Waals surface area contributed by atoms with Crippen LogP contribution in [0, 0.1) is 27.7 Å². The SMILES string of the molecule is CCOC(=O)c1cc(-c2ccc(CCC(=O)OC(C)(C)C)cc2)on1.Cc1cc(C)c(C)c(C)c1.NC=O. The van der Waals surface area contributed by atoms with Gasteiger partial charge in [-0.2, -0.15) is 0 Å². The molecule has 1 heterocycles.